The van der Waals surface area contributed by atoms with Gasteiger partial charge in [-0.25, -0.2) is 13.2 Å². The SMILES string of the molecule is CCN(CC)c1cc(C(F)(F)F)cc(S(=O)(=O)N(C)C2CCCc3c(OCC(=O)O)cccc32)c1. The number of sulfonamides is 1. The molecule has 1 atom stereocenters. The highest BCUT2D eigenvalue weighted by atomic mass is 32.2. The first-order valence-electron chi connectivity index (χ1n) is 11.3. The van der Waals surface area contributed by atoms with Crippen LogP contribution in [-0.2, 0) is 27.4 Å². The first-order chi connectivity index (χ1) is 16.4. The van der Waals surface area contributed by atoms with Crippen LogP contribution in [-0.4, -0.2) is 50.5 Å². The lowest BCUT2D eigenvalue weighted by Crippen LogP contribution is -2.34. The molecule has 1 aliphatic carbocycles. The molecule has 0 aliphatic heterocycles. The third-order valence-electron chi connectivity index (χ3n) is 6.25. The van der Waals surface area contributed by atoms with E-state index in [1.54, 1.807) is 36.9 Å². The second kappa shape index (κ2) is 10.4. The van der Waals surface area contributed by atoms with Gasteiger partial charge in [0.1, 0.15) is 5.75 Å². The molecule has 0 aromatic heterocycles. The van der Waals surface area contributed by atoms with Crippen LogP contribution in [0.3, 0.4) is 0 Å². The average molecular weight is 515 g/mol. The third kappa shape index (κ3) is 5.72. The molecule has 1 N–H and O–H groups in total. The molecule has 0 heterocycles. The molecule has 2 aromatic carbocycles. The van der Waals surface area contributed by atoms with Crippen molar-refractivity contribution in [2.24, 2.45) is 0 Å². The summed E-state index contributed by atoms with van der Waals surface area (Å²) in [6.07, 6.45) is -3.06. The van der Waals surface area contributed by atoms with Crippen LogP contribution in [0.15, 0.2) is 41.3 Å². The summed E-state index contributed by atoms with van der Waals surface area (Å²) in [7, 11) is -2.95. The summed E-state index contributed by atoms with van der Waals surface area (Å²) >= 11 is 0. The van der Waals surface area contributed by atoms with Crippen LogP contribution in [0.25, 0.3) is 0 Å². The maximum Gasteiger partial charge on any atom is 0.416 e. The highest BCUT2D eigenvalue weighted by Crippen LogP contribution is 2.41. The summed E-state index contributed by atoms with van der Waals surface area (Å²) in [5, 5.41) is 8.93. The van der Waals surface area contributed by atoms with E-state index in [1.807, 2.05) is 0 Å². The number of hydrogen-bond donors (Lipinski definition) is 1. The van der Waals surface area contributed by atoms with Gasteiger partial charge in [-0.3, -0.25) is 0 Å². The number of rotatable bonds is 9. The van der Waals surface area contributed by atoms with Crippen molar-refractivity contribution in [1.29, 1.82) is 0 Å². The van der Waals surface area contributed by atoms with Crippen molar-refractivity contribution >= 4 is 21.7 Å². The van der Waals surface area contributed by atoms with Crippen molar-refractivity contribution in [1.82, 2.24) is 4.31 Å². The minimum Gasteiger partial charge on any atom is -0.482 e. The topological polar surface area (TPSA) is 87.2 Å². The van der Waals surface area contributed by atoms with Crippen LogP contribution in [0, 0.1) is 0 Å². The summed E-state index contributed by atoms with van der Waals surface area (Å²) in [5.41, 5.74) is 0.522. The van der Waals surface area contributed by atoms with Gasteiger partial charge in [0, 0.05) is 25.8 Å². The molecule has 0 radical (unpaired) electrons. The van der Waals surface area contributed by atoms with E-state index < -0.39 is 45.3 Å². The number of anilines is 1. The van der Waals surface area contributed by atoms with Gasteiger partial charge >= 0.3 is 12.1 Å². The molecule has 0 amide bonds. The van der Waals surface area contributed by atoms with Gasteiger partial charge in [0.2, 0.25) is 10.0 Å². The van der Waals surface area contributed by atoms with Crippen molar-refractivity contribution in [2.45, 2.75) is 50.2 Å². The summed E-state index contributed by atoms with van der Waals surface area (Å²) in [5.74, 6) is -0.772. The zero-order chi connectivity index (χ0) is 26.0. The van der Waals surface area contributed by atoms with E-state index in [9.17, 15) is 26.4 Å². The van der Waals surface area contributed by atoms with Gasteiger partial charge in [-0.1, -0.05) is 12.1 Å². The number of halogens is 3. The number of ether oxygens (including phenoxy) is 1. The Hall–Kier alpha value is -2.79. The Balaban J connectivity index is 2.05. The number of benzene rings is 2. The molecule has 35 heavy (non-hydrogen) atoms. The molecule has 192 valence electrons. The van der Waals surface area contributed by atoms with Crippen LogP contribution in [0.5, 0.6) is 5.75 Å². The van der Waals surface area contributed by atoms with Gasteiger partial charge in [0.25, 0.3) is 0 Å². The van der Waals surface area contributed by atoms with Crippen LogP contribution >= 0.6 is 0 Å². The lowest BCUT2D eigenvalue weighted by atomic mass is 9.87. The first kappa shape index (κ1) is 26.8. The molecule has 0 saturated heterocycles. The fourth-order valence-electron chi connectivity index (χ4n) is 4.44. The molecular weight excluding hydrogens is 485 g/mol. The molecule has 11 heteroatoms. The summed E-state index contributed by atoms with van der Waals surface area (Å²) in [6.45, 7) is 3.87. The number of carboxylic acids is 1. The van der Waals surface area contributed by atoms with Gasteiger partial charge in [-0.2, -0.15) is 17.5 Å². The minimum absolute atomic E-state index is 0.185. The molecule has 7 nitrogen and oxygen atoms in total. The Labute approximate surface area is 203 Å². The summed E-state index contributed by atoms with van der Waals surface area (Å²) in [4.78, 5) is 12.2. The Bertz CT molecular complexity index is 1180. The van der Waals surface area contributed by atoms with E-state index in [4.69, 9.17) is 9.84 Å². The number of alkyl halides is 3. The van der Waals surface area contributed by atoms with Crippen molar-refractivity contribution in [3.63, 3.8) is 0 Å². The zero-order valence-electron chi connectivity index (χ0n) is 19.8. The van der Waals surface area contributed by atoms with Crippen molar-refractivity contribution in [2.75, 3.05) is 31.6 Å². The molecule has 0 spiro atoms. The van der Waals surface area contributed by atoms with Crippen LogP contribution in [0.4, 0.5) is 18.9 Å². The van der Waals surface area contributed by atoms with Crippen molar-refractivity contribution in [3.8, 4) is 5.75 Å². The zero-order valence-corrected chi connectivity index (χ0v) is 20.6. The number of fused-ring (bicyclic) bond motifs is 1. The van der Waals surface area contributed by atoms with Crippen molar-refractivity contribution in [3.05, 3.63) is 53.1 Å². The number of nitrogens with zero attached hydrogens (tertiary/aromatic N) is 2. The summed E-state index contributed by atoms with van der Waals surface area (Å²) in [6, 6.07) is 7.31. The normalized spacial score (nSPS) is 16.1. The molecule has 1 aliphatic rings. The predicted octanol–water partition coefficient (Wildman–Crippen LogP) is 4.71. The van der Waals surface area contributed by atoms with Gasteiger partial charge in [-0.15, -0.1) is 0 Å². The van der Waals surface area contributed by atoms with Gasteiger partial charge < -0.3 is 14.7 Å². The van der Waals surface area contributed by atoms with Crippen LogP contribution < -0.4 is 9.64 Å². The quantitative estimate of drug-likeness (QED) is 0.522. The van der Waals surface area contributed by atoms with Gasteiger partial charge in [0.05, 0.1) is 16.5 Å². The molecular formula is C24H29F3N2O5S. The maximum atomic E-state index is 13.7. The number of aliphatic carboxylic acids is 1. The maximum absolute atomic E-state index is 13.7. The van der Waals surface area contributed by atoms with Gasteiger partial charge in [-0.05, 0) is 68.5 Å². The van der Waals surface area contributed by atoms with Crippen LogP contribution in [0.1, 0.15) is 49.4 Å². The van der Waals surface area contributed by atoms with Gasteiger partial charge in [0.15, 0.2) is 6.61 Å². The first-order valence-corrected chi connectivity index (χ1v) is 12.8. The molecule has 0 fully saturated rings. The van der Waals surface area contributed by atoms with E-state index in [0.717, 1.165) is 10.4 Å². The van der Waals surface area contributed by atoms with E-state index in [0.29, 0.717) is 55.3 Å². The second-order valence-electron chi connectivity index (χ2n) is 8.32. The second-order valence-corrected chi connectivity index (χ2v) is 10.3. The van der Waals surface area contributed by atoms with Crippen LogP contribution in [0.2, 0.25) is 0 Å². The lowest BCUT2D eigenvalue weighted by molar-refractivity contribution is -0.139. The highest BCUT2D eigenvalue weighted by Gasteiger charge is 2.37. The molecule has 3 rings (SSSR count). The number of carbonyl (C=O) groups is 1. The fourth-order valence-corrected chi connectivity index (χ4v) is 5.88. The standard InChI is InChI=1S/C24H29F3N2O5S/c1-4-29(5-2)17-12-16(24(25,26)27)13-18(14-17)35(32,33)28(3)21-10-6-9-20-19(21)8-7-11-22(20)34-15-23(30)31/h7-8,11-14,21H,4-6,9-10,15H2,1-3H3,(H,30,31). The number of hydrogen-bond acceptors (Lipinski definition) is 5. The van der Waals surface area contributed by atoms with Crippen molar-refractivity contribution < 1.29 is 36.2 Å². The monoisotopic (exact) mass is 514 g/mol. The average Bonchev–Trinajstić information content (AvgIpc) is 2.81. The third-order valence-corrected chi connectivity index (χ3v) is 8.09. The van der Waals surface area contributed by atoms with E-state index in [2.05, 4.69) is 0 Å². The Kier molecular flexibility index (Phi) is 8.00. The predicted molar refractivity (Wildman–Crippen MR) is 125 cm³/mol. The summed E-state index contributed by atoms with van der Waals surface area (Å²) < 4.78 is 74.7. The number of carboxylic acid groups (broad SMARTS) is 1. The Morgan fingerprint density at radius 3 is 2.46 bits per heavy atom. The van der Waals surface area contributed by atoms with E-state index in [1.165, 1.54) is 13.1 Å². The van der Waals surface area contributed by atoms with E-state index in [-0.39, 0.29) is 5.69 Å². The smallest absolute Gasteiger partial charge is 0.416 e. The highest BCUT2D eigenvalue weighted by molar-refractivity contribution is 7.89. The molecule has 1 unspecified atom stereocenters. The molecule has 0 saturated carbocycles. The largest absolute Gasteiger partial charge is 0.482 e. The molecule has 2 aromatic rings. The minimum atomic E-state index is -4.71. The Morgan fingerprint density at radius 2 is 1.86 bits per heavy atom. The lowest BCUT2D eigenvalue weighted by Gasteiger charge is -2.33. The Morgan fingerprint density at radius 1 is 1.17 bits per heavy atom. The molecule has 0 bridgehead atoms. The fraction of sp³-hybridized carbons (Fsp3) is 0.458. The van der Waals surface area contributed by atoms with E-state index >= 15 is 0 Å².